The van der Waals surface area contributed by atoms with E-state index >= 15 is 0 Å². The molecule has 0 aromatic carbocycles. The van der Waals surface area contributed by atoms with Gasteiger partial charge in [-0.2, -0.15) is 18.3 Å². The van der Waals surface area contributed by atoms with Crippen molar-refractivity contribution in [2.75, 3.05) is 0 Å². The van der Waals surface area contributed by atoms with Crippen LogP contribution in [0.15, 0.2) is 12.4 Å². The summed E-state index contributed by atoms with van der Waals surface area (Å²) < 4.78 is 41.6. The zero-order chi connectivity index (χ0) is 19.6. The van der Waals surface area contributed by atoms with Crippen molar-refractivity contribution in [3.63, 3.8) is 0 Å². The summed E-state index contributed by atoms with van der Waals surface area (Å²) in [6.45, 7) is 3.93. The Morgan fingerprint density at radius 2 is 2.11 bits per heavy atom. The van der Waals surface area contributed by atoms with Gasteiger partial charge in [0.1, 0.15) is 17.7 Å². The molecule has 4 aromatic rings. The summed E-state index contributed by atoms with van der Waals surface area (Å²) in [5.41, 5.74) is 1.52. The number of thiophene rings is 1. The molecule has 4 aromatic heterocycles. The highest BCUT2D eigenvalue weighted by atomic mass is 32.1. The fourth-order valence-corrected chi connectivity index (χ4v) is 5.14. The van der Waals surface area contributed by atoms with E-state index in [0.717, 1.165) is 35.5 Å². The summed E-state index contributed by atoms with van der Waals surface area (Å²) in [6.07, 6.45) is 0.332. The van der Waals surface area contributed by atoms with Gasteiger partial charge in [-0.05, 0) is 43.7 Å². The van der Waals surface area contributed by atoms with Gasteiger partial charge in [0.05, 0.1) is 5.39 Å². The van der Waals surface area contributed by atoms with Crippen LogP contribution < -0.4 is 0 Å². The second-order valence-electron chi connectivity index (χ2n) is 7.40. The van der Waals surface area contributed by atoms with Crippen molar-refractivity contribution in [1.29, 1.82) is 0 Å². The molecule has 0 amide bonds. The number of nitrogens with zero attached hydrogens (tertiary/aromatic N) is 6. The third-order valence-corrected chi connectivity index (χ3v) is 6.40. The Morgan fingerprint density at radius 1 is 1.29 bits per heavy atom. The summed E-state index contributed by atoms with van der Waals surface area (Å²) in [5, 5.41) is 9.11. The average molecular weight is 406 g/mol. The van der Waals surface area contributed by atoms with Crippen LogP contribution in [0.5, 0.6) is 0 Å². The summed E-state index contributed by atoms with van der Waals surface area (Å²) >= 11 is 1.71. The monoisotopic (exact) mass is 406 g/mol. The lowest BCUT2D eigenvalue weighted by atomic mass is 9.89. The molecule has 1 aliphatic carbocycles. The molecule has 1 aliphatic rings. The predicted octanol–water partition coefficient (Wildman–Crippen LogP) is 4.04. The lowest BCUT2D eigenvalue weighted by molar-refractivity contribution is -0.141. The molecule has 146 valence electrons. The molecule has 0 bridgehead atoms. The molecule has 4 heterocycles. The Morgan fingerprint density at radius 3 is 2.86 bits per heavy atom. The first-order valence-electron chi connectivity index (χ1n) is 9.05. The number of aromatic nitrogens is 6. The van der Waals surface area contributed by atoms with Gasteiger partial charge in [0.2, 0.25) is 0 Å². The van der Waals surface area contributed by atoms with E-state index in [0.29, 0.717) is 23.1 Å². The van der Waals surface area contributed by atoms with E-state index in [-0.39, 0.29) is 6.54 Å². The largest absolute Gasteiger partial charge is 0.435 e. The molecule has 0 spiro atoms. The highest BCUT2D eigenvalue weighted by Gasteiger charge is 2.34. The normalized spacial score (nSPS) is 17.5. The maximum Gasteiger partial charge on any atom is 0.435 e. The summed E-state index contributed by atoms with van der Waals surface area (Å²) in [6, 6.07) is 1.03. The molecule has 1 unspecified atom stereocenters. The maximum absolute atomic E-state index is 12.9. The third-order valence-electron chi connectivity index (χ3n) is 5.24. The minimum atomic E-state index is -4.47. The van der Waals surface area contributed by atoms with Gasteiger partial charge in [0, 0.05) is 10.6 Å². The first kappa shape index (κ1) is 17.6. The van der Waals surface area contributed by atoms with Gasteiger partial charge < -0.3 is 0 Å². The number of rotatable bonds is 2. The summed E-state index contributed by atoms with van der Waals surface area (Å²) in [7, 11) is 0. The standard InChI is InChI=1S/C18H17F3N6S/c1-9-3-4-11-12(5-9)28-17-15(11)16-23-14(25-27(16)8-22-17)7-26-10(2)6-13(24-26)18(19,20)21/h6,8-9H,3-5,7H2,1-2H3. The van der Waals surface area contributed by atoms with E-state index in [9.17, 15) is 13.2 Å². The Balaban J connectivity index is 1.57. The van der Waals surface area contributed by atoms with Crippen LogP contribution in [0.2, 0.25) is 0 Å². The number of hydrogen-bond donors (Lipinski definition) is 0. The highest BCUT2D eigenvalue weighted by Crippen LogP contribution is 2.38. The average Bonchev–Trinajstić information content (AvgIpc) is 3.28. The minimum absolute atomic E-state index is 0.0778. The zero-order valence-electron chi connectivity index (χ0n) is 15.3. The molecule has 10 heteroatoms. The third kappa shape index (κ3) is 2.78. The fraction of sp³-hybridized carbons (Fsp3) is 0.444. The van der Waals surface area contributed by atoms with E-state index in [1.807, 2.05) is 0 Å². The van der Waals surface area contributed by atoms with Crippen LogP contribution in [0.25, 0.3) is 15.9 Å². The van der Waals surface area contributed by atoms with Gasteiger partial charge in [0.15, 0.2) is 17.2 Å². The van der Waals surface area contributed by atoms with Gasteiger partial charge in [-0.3, -0.25) is 4.68 Å². The second-order valence-corrected chi connectivity index (χ2v) is 8.48. The highest BCUT2D eigenvalue weighted by molar-refractivity contribution is 7.19. The van der Waals surface area contributed by atoms with Crippen LogP contribution >= 0.6 is 11.3 Å². The SMILES string of the molecule is Cc1cc(C(F)(F)F)nn1Cc1nc2c3c4c(sc3ncn2n1)CC(C)CC4. The molecule has 0 fully saturated rings. The van der Waals surface area contributed by atoms with Gasteiger partial charge in [0.25, 0.3) is 0 Å². The number of fused-ring (bicyclic) bond motifs is 5. The zero-order valence-corrected chi connectivity index (χ0v) is 16.1. The van der Waals surface area contributed by atoms with Crippen molar-refractivity contribution in [2.24, 2.45) is 5.92 Å². The van der Waals surface area contributed by atoms with Gasteiger partial charge in [-0.25, -0.2) is 14.5 Å². The molecule has 28 heavy (non-hydrogen) atoms. The Labute approximate surface area is 162 Å². The van der Waals surface area contributed by atoms with Gasteiger partial charge in [-0.15, -0.1) is 16.4 Å². The van der Waals surface area contributed by atoms with Crippen molar-refractivity contribution >= 4 is 27.2 Å². The molecule has 1 atom stereocenters. The predicted molar refractivity (Wildman–Crippen MR) is 98.4 cm³/mol. The van der Waals surface area contributed by atoms with E-state index < -0.39 is 11.9 Å². The number of alkyl halides is 3. The van der Waals surface area contributed by atoms with Crippen molar-refractivity contribution in [2.45, 2.75) is 45.8 Å². The fourth-order valence-electron chi connectivity index (χ4n) is 3.79. The van der Waals surface area contributed by atoms with E-state index in [1.165, 1.54) is 15.1 Å². The lowest BCUT2D eigenvalue weighted by Crippen LogP contribution is -2.09. The first-order valence-corrected chi connectivity index (χ1v) is 9.87. The van der Waals surface area contributed by atoms with Gasteiger partial charge >= 0.3 is 6.18 Å². The lowest BCUT2D eigenvalue weighted by Gasteiger charge is -2.17. The van der Waals surface area contributed by atoms with Crippen molar-refractivity contribution in [3.8, 4) is 0 Å². The molecule has 6 nitrogen and oxygen atoms in total. The topological polar surface area (TPSA) is 60.9 Å². The van der Waals surface area contributed by atoms with Crippen LogP contribution in [0.1, 0.15) is 41.0 Å². The Hall–Kier alpha value is -2.49. The van der Waals surface area contributed by atoms with Crippen LogP contribution in [-0.2, 0) is 25.6 Å². The van der Waals surface area contributed by atoms with E-state index in [1.54, 1.807) is 29.1 Å². The van der Waals surface area contributed by atoms with Crippen LogP contribution in [-0.4, -0.2) is 29.4 Å². The van der Waals surface area contributed by atoms with Crippen molar-refractivity contribution in [1.82, 2.24) is 29.4 Å². The summed E-state index contributed by atoms with van der Waals surface area (Å²) in [5.74, 6) is 1.08. The van der Waals surface area contributed by atoms with Crippen LogP contribution in [0.4, 0.5) is 13.2 Å². The summed E-state index contributed by atoms with van der Waals surface area (Å²) in [4.78, 5) is 11.4. The molecule has 0 saturated heterocycles. The Kier molecular flexibility index (Phi) is 3.77. The maximum atomic E-state index is 12.9. The quantitative estimate of drug-likeness (QED) is 0.504. The molecule has 5 rings (SSSR count). The molecular formula is C18H17F3N6S. The molecule has 0 N–H and O–H groups in total. The molecule has 0 aliphatic heterocycles. The molecule has 0 saturated carbocycles. The van der Waals surface area contributed by atoms with Crippen molar-refractivity contribution < 1.29 is 13.2 Å². The van der Waals surface area contributed by atoms with Gasteiger partial charge in [-0.1, -0.05) is 6.92 Å². The van der Waals surface area contributed by atoms with Crippen molar-refractivity contribution in [3.05, 3.63) is 40.0 Å². The minimum Gasteiger partial charge on any atom is -0.262 e. The van der Waals surface area contributed by atoms with E-state index in [4.69, 9.17) is 0 Å². The Bertz CT molecular complexity index is 1200. The second kappa shape index (κ2) is 6.00. The number of aryl methyl sites for hydroxylation is 2. The smallest absolute Gasteiger partial charge is 0.262 e. The molecular weight excluding hydrogens is 389 g/mol. The van der Waals surface area contributed by atoms with E-state index in [2.05, 4.69) is 27.1 Å². The number of hydrogen-bond acceptors (Lipinski definition) is 5. The van der Waals surface area contributed by atoms with Crippen LogP contribution in [0.3, 0.4) is 0 Å². The first-order chi connectivity index (χ1) is 13.3. The number of halogens is 3. The molecule has 0 radical (unpaired) electrons. The van der Waals surface area contributed by atoms with Crippen LogP contribution in [0, 0.1) is 12.8 Å².